The number of carbonyl (C=O) groups excluding carboxylic acids is 1. The lowest BCUT2D eigenvalue weighted by Crippen LogP contribution is -2.51. The van der Waals surface area contributed by atoms with Gasteiger partial charge in [0, 0.05) is 39.3 Å². The van der Waals surface area contributed by atoms with Crippen LogP contribution in [0.2, 0.25) is 0 Å². The highest BCUT2D eigenvalue weighted by Gasteiger charge is 2.38. The average molecular weight is 523 g/mol. The van der Waals surface area contributed by atoms with Crippen molar-refractivity contribution in [1.29, 1.82) is 0 Å². The van der Waals surface area contributed by atoms with Gasteiger partial charge in [0.25, 0.3) is 0 Å². The molecule has 0 atom stereocenters. The van der Waals surface area contributed by atoms with E-state index in [0.29, 0.717) is 26.2 Å². The second-order valence-corrected chi connectivity index (χ2v) is 10.3. The number of nitrogens with zero attached hydrogens (tertiary/aromatic N) is 3. The Labute approximate surface area is 203 Å². The van der Waals surface area contributed by atoms with Crippen LogP contribution in [0.1, 0.15) is 25.3 Å². The molecule has 0 spiro atoms. The van der Waals surface area contributed by atoms with E-state index in [1.165, 1.54) is 4.31 Å². The molecule has 0 radical (unpaired) electrons. The van der Waals surface area contributed by atoms with Crippen molar-refractivity contribution in [3.05, 3.63) is 29.8 Å². The fraction of sp³-hybridized carbons (Fsp3) is 0.636. The Bertz CT molecular complexity index is 929. The molecule has 9 nitrogen and oxygen atoms in total. The quantitative estimate of drug-likeness (QED) is 0.531. The minimum absolute atomic E-state index is 0.0916. The zero-order valence-electron chi connectivity index (χ0n) is 19.8. The van der Waals surface area contributed by atoms with Gasteiger partial charge in [0.1, 0.15) is 0 Å². The van der Waals surface area contributed by atoms with E-state index in [-0.39, 0.29) is 17.3 Å². The molecule has 1 amide bonds. The third-order valence-electron chi connectivity index (χ3n) is 5.86. The van der Waals surface area contributed by atoms with E-state index in [4.69, 9.17) is 9.90 Å². The van der Waals surface area contributed by atoms with Crippen LogP contribution in [-0.2, 0) is 26.0 Å². The largest absolute Gasteiger partial charge is 0.490 e. The van der Waals surface area contributed by atoms with E-state index in [0.717, 1.165) is 51.0 Å². The smallest absolute Gasteiger partial charge is 0.475 e. The van der Waals surface area contributed by atoms with Crippen LogP contribution >= 0.6 is 0 Å². The van der Waals surface area contributed by atoms with Gasteiger partial charge >= 0.3 is 12.1 Å². The van der Waals surface area contributed by atoms with Crippen molar-refractivity contribution in [2.24, 2.45) is 0 Å². The molecule has 2 N–H and O–H groups in total. The predicted octanol–water partition coefficient (Wildman–Crippen LogP) is 1.40. The summed E-state index contributed by atoms with van der Waals surface area (Å²) >= 11 is 0. The van der Waals surface area contributed by atoms with E-state index in [1.54, 1.807) is 17.0 Å². The molecular weight excluding hydrogens is 489 g/mol. The molecule has 2 aliphatic heterocycles. The van der Waals surface area contributed by atoms with Gasteiger partial charge in [0.15, 0.2) is 0 Å². The molecular formula is C22H33F3N4O5S. The summed E-state index contributed by atoms with van der Waals surface area (Å²) in [7, 11) is -3.71. The monoisotopic (exact) mass is 522 g/mol. The number of alkyl halides is 3. The second-order valence-electron chi connectivity index (χ2n) is 8.32. The van der Waals surface area contributed by atoms with Crippen molar-refractivity contribution in [1.82, 2.24) is 19.4 Å². The van der Waals surface area contributed by atoms with Gasteiger partial charge in [0.05, 0.1) is 11.4 Å². The third kappa shape index (κ3) is 9.06. The molecule has 35 heavy (non-hydrogen) atoms. The second kappa shape index (κ2) is 13.2. The van der Waals surface area contributed by atoms with Crippen LogP contribution in [-0.4, -0.2) is 105 Å². The molecule has 2 heterocycles. The van der Waals surface area contributed by atoms with Crippen molar-refractivity contribution in [2.75, 3.05) is 58.9 Å². The first-order valence-corrected chi connectivity index (χ1v) is 13.0. The van der Waals surface area contributed by atoms with Gasteiger partial charge in [-0.1, -0.05) is 19.1 Å². The summed E-state index contributed by atoms with van der Waals surface area (Å²) in [6.45, 7) is 7.74. The molecule has 198 valence electrons. The number of hydrogen-bond donors (Lipinski definition) is 2. The van der Waals surface area contributed by atoms with E-state index in [9.17, 15) is 26.4 Å². The van der Waals surface area contributed by atoms with E-state index in [1.807, 2.05) is 19.1 Å². The Balaban J connectivity index is 0.000000540. The fourth-order valence-corrected chi connectivity index (χ4v) is 5.14. The number of carboxylic acids is 1. The lowest BCUT2D eigenvalue weighted by atomic mass is 10.2. The van der Waals surface area contributed by atoms with Gasteiger partial charge in [0.2, 0.25) is 15.9 Å². The lowest BCUT2D eigenvalue weighted by Gasteiger charge is -2.30. The Morgan fingerprint density at radius 3 is 2.09 bits per heavy atom. The summed E-state index contributed by atoms with van der Waals surface area (Å²) in [5.74, 6) is -2.87. The van der Waals surface area contributed by atoms with Crippen LogP contribution in [0.25, 0.3) is 0 Å². The first-order valence-electron chi connectivity index (χ1n) is 11.5. The highest BCUT2D eigenvalue weighted by Crippen LogP contribution is 2.18. The van der Waals surface area contributed by atoms with Crippen LogP contribution in [0.3, 0.4) is 0 Å². The average Bonchev–Trinajstić information content (AvgIpc) is 3.35. The molecule has 3 rings (SSSR count). The minimum atomic E-state index is -5.08. The van der Waals surface area contributed by atoms with Gasteiger partial charge in [-0.05, 0) is 50.0 Å². The maximum Gasteiger partial charge on any atom is 0.490 e. The van der Waals surface area contributed by atoms with Gasteiger partial charge in [-0.3, -0.25) is 4.79 Å². The fourth-order valence-electron chi connectivity index (χ4n) is 3.75. The summed E-state index contributed by atoms with van der Waals surface area (Å²) < 4.78 is 59.7. The number of halogens is 3. The van der Waals surface area contributed by atoms with Crippen molar-refractivity contribution in [2.45, 2.75) is 37.3 Å². The zero-order valence-corrected chi connectivity index (χ0v) is 20.6. The van der Waals surface area contributed by atoms with Gasteiger partial charge < -0.3 is 20.2 Å². The normalized spacial score (nSPS) is 17.2. The van der Waals surface area contributed by atoms with Crippen LogP contribution in [0.15, 0.2) is 29.2 Å². The standard InChI is InChI=1S/C20H32N4O3S.C2HF3O2/c1-2-18-5-7-19(8-6-18)28(26,27)24(16-15-22-11-3-4-12-22)17-20(25)23-13-9-21-10-14-23;3-2(4,5)1(6)7/h5-8,21H,2-4,9-17H2,1H3;(H,6,7). The highest BCUT2D eigenvalue weighted by atomic mass is 32.2. The van der Waals surface area contributed by atoms with E-state index >= 15 is 0 Å². The Hall–Kier alpha value is -2.22. The number of likely N-dealkylation sites (tertiary alicyclic amines) is 1. The number of carbonyl (C=O) groups is 2. The van der Waals surface area contributed by atoms with E-state index < -0.39 is 22.2 Å². The number of amides is 1. The highest BCUT2D eigenvalue weighted by molar-refractivity contribution is 7.89. The van der Waals surface area contributed by atoms with Crippen LogP contribution < -0.4 is 5.32 Å². The molecule has 2 saturated heterocycles. The number of hydrogen-bond acceptors (Lipinski definition) is 6. The number of sulfonamides is 1. The van der Waals surface area contributed by atoms with Gasteiger partial charge in [-0.25, -0.2) is 13.2 Å². The number of benzene rings is 1. The molecule has 0 aromatic heterocycles. The first kappa shape index (κ1) is 29.0. The van der Waals surface area contributed by atoms with E-state index in [2.05, 4.69) is 10.2 Å². The van der Waals surface area contributed by atoms with Gasteiger partial charge in [-0.15, -0.1) is 0 Å². The lowest BCUT2D eigenvalue weighted by molar-refractivity contribution is -0.192. The summed E-state index contributed by atoms with van der Waals surface area (Å²) in [5, 5.41) is 10.3. The van der Waals surface area contributed by atoms with Crippen molar-refractivity contribution < 1.29 is 36.3 Å². The number of piperazine rings is 1. The molecule has 2 fully saturated rings. The summed E-state index contributed by atoms with van der Waals surface area (Å²) in [4.78, 5) is 26.0. The molecule has 0 bridgehead atoms. The number of carboxylic acid groups (broad SMARTS) is 1. The number of rotatable bonds is 8. The Kier molecular flexibility index (Phi) is 10.9. The zero-order chi connectivity index (χ0) is 26.1. The van der Waals surface area contributed by atoms with Gasteiger partial charge in [-0.2, -0.15) is 17.5 Å². The van der Waals surface area contributed by atoms with Crippen molar-refractivity contribution in [3.8, 4) is 0 Å². The molecule has 0 saturated carbocycles. The maximum absolute atomic E-state index is 13.3. The SMILES string of the molecule is CCc1ccc(S(=O)(=O)N(CCN2CCCC2)CC(=O)N2CCNCC2)cc1.O=C(O)C(F)(F)F. The molecule has 13 heteroatoms. The summed E-state index contributed by atoms with van der Waals surface area (Å²) in [5.41, 5.74) is 1.10. The number of aryl methyl sites for hydroxylation is 1. The molecule has 1 aromatic rings. The first-order chi connectivity index (χ1) is 16.4. The molecule has 2 aliphatic rings. The van der Waals surface area contributed by atoms with Crippen LogP contribution in [0, 0.1) is 0 Å². The molecule has 1 aromatic carbocycles. The number of aliphatic carboxylic acids is 1. The van der Waals surface area contributed by atoms with Crippen molar-refractivity contribution in [3.63, 3.8) is 0 Å². The Morgan fingerprint density at radius 2 is 1.60 bits per heavy atom. The maximum atomic E-state index is 13.3. The topological polar surface area (TPSA) is 110 Å². The summed E-state index contributed by atoms with van der Waals surface area (Å²) in [6.07, 6.45) is -1.91. The van der Waals surface area contributed by atoms with Crippen LogP contribution in [0.4, 0.5) is 13.2 Å². The number of nitrogens with one attached hydrogen (secondary N) is 1. The summed E-state index contributed by atoms with van der Waals surface area (Å²) in [6, 6.07) is 7.02. The molecule has 0 unspecified atom stereocenters. The predicted molar refractivity (Wildman–Crippen MR) is 123 cm³/mol. The Morgan fingerprint density at radius 1 is 1.06 bits per heavy atom. The third-order valence-corrected chi connectivity index (χ3v) is 7.72. The van der Waals surface area contributed by atoms with Crippen molar-refractivity contribution >= 4 is 21.9 Å². The molecule has 0 aliphatic carbocycles. The minimum Gasteiger partial charge on any atom is -0.475 e. The van der Waals surface area contributed by atoms with Crippen LogP contribution in [0.5, 0.6) is 0 Å².